The first-order valence-corrected chi connectivity index (χ1v) is 10.4. The molecule has 0 saturated carbocycles. The van der Waals surface area contributed by atoms with Crippen LogP contribution < -0.4 is 4.72 Å². The number of hydrogen-bond donors (Lipinski definition) is 2. The minimum atomic E-state index is -0.106. The summed E-state index contributed by atoms with van der Waals surface area (Å²) >= 11 is 4.08. The first-order chi connectivity index (χ1) is 13.4. The molecule has 0 fully saturated rings. The molecule has 3 aromatic rings. The Labute approximate surface area is 169 Å². The van der Waals surface area contributed by atoms with Gasteiger partial charge >= 0.3 is 0 Å². The second-order valence-corrected chi connectivity index (χ2v) is 7.39. The van der Waals surface area contributed by atoms with Crippen molar-refractivity contribution in [2.75, 3.05) is 6.54 Å². The number of benzene rings is 3. The summed E-state index contributed by atoms with van der Waals surface area (Å²) in [4.78, 5) is 0. The van der Waals surface area contributed by atoms with E-state index in [2.05, 4.69) is 109 Å². The zero-order valence-corrected chi connectivity index (χ0v) is 16.7. The number of unbranched alkanes of at least 4 members (excludes halogenated alkanes) is 3. The molecule has 0 spiro atoms. The van der Waals surface area contributed by atoms with Gasteiger partial charge in [0.2, 0.25) is 0 Å². The molecule has 0 atom stereocenters. The van der Waals surface area contributed by atoms with Crippen LogP contribution in [0.2, 0.25) is 0 Å². The van der Waals surface area contributed by atoms with Crippen LogP contribution in [0.4, 0.5) is 0 Å². The molecule has 0 amide bonds. The van der Waals surface area contributed by atoms with Crippen molar-refractivity contribution in [1.29, 1.82) is 0 Å². The topological polar surface area (TPSA) is 12.0 Å². The average Bonchev–Trinajstić information content (AvgIpc) is 2.75. The Kier molecular flexibility index (Phi) is 7.55. The molecular formula is C25H29NS. The summed E-state index contributed by atoms with van der Waals surface area (Å²) in [5.41, 5.74) is 4.02. The first-order valence-electron chi connectivity index (χ1n) is 9.91. The molecule has 3 aromatic carbocycles. The van der Waals surface area contributed by atoms with E-state index in [4.69, 9.17) is 0 Å². The van der Waals surface area contributed by atoms with Gasteiger partial charge in [-0.1, -0.05) is 123 Å². The van der Waals surface area contributed by atoms with Gasteiger partial charge in [0.15, 0.2) is 0 Å². The zero-order chi connectivity index (χ0) is 18.8. The monoisotopic (exact) mass is 375 g/mol. The molecule has 0 aliphatic heterocycles. The summed E-state index contributed by atoms with van der Waals surface area (Å²) in [6, 6.07) is 33.0. The van der Waals surface area contributed by atoms with E-state index in [1.807, 2.05) is 0 Å². The van der Waals surface area contributed by atoms with Crippen LogP contribution in [-0.4, -0.2) is 6.54 Å². The van der Waals surface area contributed by atoms with Crippen molar-refractivity contribution in [2.45, 2.75) is 37.5 Å². The van der Waals surface area contributed by atoms with Gasteiger partial charge in [-0.25, -0.2) is 0 Å². The van der Waals surface area contributed by atoms with Crippen LogP contribution in [0, 0.1) is 0 Å². The Morgan fingerprint density at radius 1 is 0.556 bits per heavy atom. The number of rotatable bonds is 10. The third-order valence-corrected chi connectivity index (χ3v) is 5.61. The number of hydrogen-bond acceptors (Lipinski definition) is 2. The molecule has 3 rings (SSSR count). The molecule has 0 bridgehead atoms. The van der Waals surface area contributed by atoms with Crippen LogP contribution in [0.25, 0.3) is 0 Å². The van der Waals surface area contributed by atoms with Crippen molar-refractivity contribution < 1.29 is 0 Å². The van der Waals surface area contributed by atoms with Crippen LogP contribution in [0.15, 0.2) is 91.0 Å². The SMILES string of the molecule is SNCCCCCCC(c1ccccc1)(c1ccccc1)c1ccccc1. The second-order valence-electron chi connectivity index (χ2n) is 7.08. The quantitative estimate of drug-likeness (QED) is 0.237. The molecule has 0 heterocycles. The van der Waals surface area contributed by atoms with Gasteiger partial charge in [-0.3, -0.25) is 4.72 Å². The molecule has 0 aliphatic rings. The Morgan fingerprint density at radius 3 is 1.37 bits per heavy atom. The normalized spacial score (nSPS) is 11.4. The van der Waals surface area contributed by atoms with E-state index in [0.717, 1.165) is 13.0 Å². The van der Waals surface area contributed by atoms with Crippen LogP contribution in [-0.2, 0) is 5.41 Å². The maximum Gasteiger partial charge on any atom is 0.0451 e. The number of thiol groups is 1. The minimum absolute atomic E-state index is 0.106. The van der Waals surface area contributed by atoms with Gasteiger partial charge in [0.1, 0.15) is 0 Å². The van der Waals surface area contributed by atoms with Gasteiger partial charge in [-0.2, -0.15) is 0 Å². The van der Waals surface area contributed by atoms with Gasteiger partial charge in [0.25, 0.3) is 0 Å². The maximum atomic E-state index is 4.08. The lowest BCUT2D eigenvalue weighted by Crippen LogP contribution is -2.29. The minimum Gasteiger partial charge on any atom is -0.267 e. The summed E-state index contributed by atoms with van der Waals surface area (Å²) in [5.74, 6) is 0. The van der Waals surface area contributed by atoms with E-state index >= 15 is 0 Å². The Balaban J connectivity index is 1.98. The van der Waals surface area contributed by atoms with E-state index in [-0.39, 0.29) is 5.41 Å². The summed E-state index contributed by atoms with van der Waals surface area (Å²) in [6.45, 7) is 0.976. The third-order valence-electron chi connectivity index (χ3n) is 5.39. The summed E-state index contributed by atoms with van der Waals surface area (Å²) in [5, 5.41) is 0. The smallest absolute Gasteiger partial charge is 0.0451 e. The van der Waals surface area contributed by atoms with E-state index < -0.39 is 0 Å². The Hall–Kier alpha value is -2.03. The molecule has 1 nitrogen and oxygen atoms in total. The van der Waals surface area contributed by atoms with E-state index in [0.29, 0.717) is 0 Å². The predicted octanol–water partition coefficient (Wildman–Crippen LogP) is 6.41. The highest BCUT2D eigenvalue weighted by molar-refractivity contribution is 7.78. The third kappa shape index (κ3) is 4.82. The summed E-state index contributed by atoms with van der Waals surface area (Å²) in [7, 11) is 0. The Bertz CT molecular complexity index is 675. The second kappa shape index (κ2) is 10.3. The molecule has 0 saturated heterocycles. The van der Waals surface area contributed by atoms with Crippen molar-refractivity contribution in [3.05, 3.63) is 108 Å². The molecule has 140 valence electrons. The van der Waals surface area contributed by atoms with Crippen LogP contribution in [0.1, 0.15) is 48.8 Å². The number of nitrogens with one attached hydrogen (secondary N) is 1. The lowest BCUT2D eigenvalue weighted by molar-refractivity contribution is 0.503. The highest BCUT2D eigenvalue weighted by Gasteiger charge is 2.35. The average molecular weight is 376 g/mol. The van der Waals surface area contributed by atoms with Gasteiger partial charge < -0.3 is 0 Å². The molecular weight excluding hydrogens is 346 g/mol. The van der Waals surface area contributed by atoms with Crippen molar-refractivity contribution in [3.63, 3.8) is 0 Å². The van der Waals surface area contributed by atoms with Crippen molar-refractivity contribution >= 4 is 12.8 Å². The lowest BCUT2D eigenvalue weighted by Gasteiger charge is -2.36. The molecule has 2 heteroatoms. The van der Waals surface area contributed by atoms with Crippen LogP contribution in [0.3, 0.4) is 0 Å². The summed E-state index contributed by atoms with van der Waals surface area (Å²) < 4.78 is 2.95. The fourth-order valence-electron chi connectivity index (χ4n) is 4.05. The maximum absolute atomic E-state index is 4.08. The zero-order valence-electron chi connectivity index (χ0n) is 15.9. The highest BCUT2D eigenvalue weighted by Crippen LogP contribution is 2.43. The molecule has 27 heavy (non-hydrogen) atoms. The standard InChI is InChI=1S/C25H29NS/c27-26-21-13-2-1-12-20-25(22-14-6-3-7-15-22,23-16-8-4-9-17-23)24-18-10-5-11-19-24/h3-11,14-19,26-27H,1-2,12-13,20-21H2. The van der Waals surface area contributed by atoms with E-state index in [9.17, 15) is 0 Å². The van der Waals surface area contributed by atoms with E-state index in [1.165, 1.54) is 42.4 Å². The molecule has 0 radical (unpaired) electrons. The van der Waals surface area contributed by atoms with Crippen molar-refractivity contribution in [3.8, 4) is 0 Å². The first kappa shape index (κ1) is 19.7. The summed E-state index contributed by atoms with van der Waals surface area (Å²) in [6.07, 6.45) is 5.97. The fraction of sp³-hybridized carbons (Fsp3) is 0.280. The fourth-order valence-corrected chi connectivity index (χ4v) is 4.21. The van der Waals surface area contributed by atoms with Crippen LogP contribution in [0.5, 0.6) is 0 Å². The molecule has 1 N–H and O–H groups in total. The van der Waals surface area contributed by atoms with Crippen LogP contribution >= 0.6 is 12.8 Å². The molecule has 0 aromatic heterocycles. The molecule has 0 aliphatic carbocycles. The Morgan fingerprint density at radius 2 is 0.963 bits per heavy atom. The lowest BCUT2D eigenvalue weighted by atomic mass is 9.66. The van der Waals surface area contributed by atoms with Gasteiger partial charge in [-0.15, -0.1) is 0 Å². The van der Waals surface area contributed by atoms with Gasteiger partial charge in [0.05, 0.1) is 0 Å². The van der Waals surface area contributed by atoms with Gasteiger partial charge in [-0.05, 0) is 29.5 Å². The largest absolute Gasteiger partial charge is 0.267 e. The molecule has 0 unspecified atom stereocenters. The van der Waals surface area contributed by atoms with Crippen molar-refractivity contribution in [2.24, 2.45) is 0 Å². The van der Waals surface area contributed by atoms with Crippen molar-refractivity contribution in [1.82, 2.24) is 4.72 Å². The predicted molar refractivity (Wildman–Crippen MR) is 119 cm³/mol. The van der Waals surface area contributed by atoms with Gasteiger partial charge in [0, 0.05) is 12.0 Å². The van der Waals surface area contributed by atoms with E-state index in [1.54, 1.807) is 0 Å². The highest BCUT2D eigenvalue weighted by atomic mass is 32.1.